The molecule has 0 aliphatic carbocycles. The molecule has 4 heteroatoms. The summed E-state index contributed by atoms with van der Waals surface area (Å²) in [5, 5.41) is 0. The predicted octanol–water partition coefficient (Wildman–Crippen LogP) is 0.610. The molecule has 0 radical (unpaired) electrons. The molecule has 15 heavy (non-hydrogen) atoms. The van der Waals surface area contributed by atoms with Crippen molar-refractivity contribution in [3.8, 4) is 0 Å². The fourth-order valence-corrected chi connectivity index (χ4v) is 1.88. The Morgan fingerprint density at radius 3 is 3.07 bits per heavy atom. The maximum absolute atomic E-state index is 11.7. The number of carbonyl (C=O) groups excluding carboxylic acids is 1. The number of amides is 1. The SMILES string of the molecule is CCCOCC(=O)N1CCCC(CN)C1. The van der Waals surface area contributed by atoms with Gasteiger partial charge in [-0.15, -0.1) is 0 Å². The van der Waals surface area contributed by atoms with Gasteiger partial charge in [-0.2, -0.15) is 0 Å². The van der Waals surface area contributed by atoms with Crippen molar-refractivity contribution in [1.29, 1.82) is 0 Å². The number of rotatable bonds is 5. The smallest absolute Gasteiger partial charge is 0.248 e. The number of ether oxygens (including phenoxy) is 1. The molecule has 1 aliphatic heterocycles. The molecule has 88 valence electrons. The van der Waals surface area contributed by atoms with Crippen LogP contribution in [0.25, 0.3) is 0 Å². The van der Waals surface area contributed by atoms with E-state index in [1.54, 1.807) is 0 Å². The molecule has 4 nitrogen and oxygen atoms in total. The van der Waals surface area contributed by atoms with Gasteiger partial charge >= 0.3 is 0 Å². The minimum Gasteiger partial charge on any atom is -0.372 e. The molecule has 1 rings (SSSR count). The summed E-state index contributed by atoms with van der Waals surface area (Å²) in [5.41, 5.74) is 5.62. The van der Waals surface area contributed by atoms with Gasteiger partial charge in [-0.25, -0.2) is 0 Å². The van der Waals surface area contributed by atoms with Crippen LogP contribution in [0.2, 0.25) is 0 Å². The fourth-order valence-electron chi connectivity index (χ4n) is 1.88. The summed E-state index contributed by atoms with van der Waals surface area (Å²) < 4.78 is 5.24. The molecule has 1 amide bonds. The van der Waals surface area contributed by atoms with E-state index in [1.807, 2.05) is 11.8 Å². The number of hydrogen-bond acceptors (Lipinski definition) is 3. The maximum Gasteiger partial charge on any atom is 0.248 e. The number of nitrogens with two attached hydrogens (primary N) is 1. The molecule has 0 spiro atoms. The molecular weight excluding hydrogens is 192 g/mol. The summed E-state index contributed by atoms with van der Waals surface area (Å²) in [4.78, 5) is 13.6. The van der Waals surface area contributed by atoms with E-state index in [2.05, 4.69) is 0 Å². The summed E-state index contributed by atoms with van der Waals surface area (Å²) >= 11 is 0. The Labute approximate surface area is 91.8 Å². The van der Waals surface area contributed by atoms with E-state index in [0.29, 0.717) is 19.1 Å². The first-order chi connectivity index (χ1) is 7.27. The highest BCUT2D eigenvalue weighted by molar-refractivity contribution is 5.77. The van der Waals surface area contributed by atoms with Crippen LogP contribution in [0.1, 0.15) is 26.2 Å². The second kappa shape index (κ2) is 6.80. The van der Waals surface area contributed by atoms with Crippen molar-refractivity contribution < 1.29 is 9.53 Å². The van der Waals surface area contributed by atoms with Crippen molar-refractivity contribution >= 4 is 5.91 Å². The molecule has 1 saturated heterocycles. The molecule has 0 bridgehead atoms. The van der Waals surface area contributed by atoms with Crippen LogP contribution in [0.3, 0.4) is 0 Å². The van der Waals surface area contributed by atoms with E-state index in [9.17, 15) is 4.79 Å². The third kappa shape index (κ3) is 4.18. The Morgan fingerprint density at radius 1 is 1.60 bits per heavy atom. The quantitative estimate of drug-likeness (QED) is 0.682. The first-order valence-corrected chi connectivity index (χ1v) is 5.83. The fraction of sp³-hybridized carbons (Fsp3) is 0.909. The highest BCUT2D eigenvalue weighted by Crippen LogP contribution is 2.15. The molecule has 0 aromatic heterocycles. The van der Waals surface area contributed by atoms with Gasteiger partial charge in [0.2, 0.25) is 5.91 Å². The molecule has 0 aromatic carbocycles. The van der Waals surface area contributed by atoms with E-state index < -0.39 is 0 Å². The highest BCUT2D eigenvalue weighted by atomic mass is 16.5. The van der Waals surface area contributed by atoms with Gasteiger partial charge in [-0.05, 0) is 31.7 Å². The Bertz CT molecular complexity index is 197. The van der Waals surface area contributed by atoms with Gasteiger partial charge in [-0.3, -0.25) is 4.79 Å². The summed E-state index contributed by atoms with van der Waals surface area (Å²) in [6.45, 7) is 5.29. The van der Waals surface area contributed by atoms with Crippen molar-refractivity contribution in [2.24, 2.45) is 11.7 Å². The first kappa shape index (κ1) is 12.5. The molecule has 1 unspecified atom stereocenters. The Hall–Kier alpha value is -0.610. The highest BCUT2D eigenvalue weighted by Gasteiger charge is 2.22. The van der Waals surface area contributed by atoms with E-state index in [-0.39, 0.29) is 12.5 Å². The van der Waals surface area contributed by atoms with Crippen LogP contribution in [0.5, 0.6) is 0 Å². The lowest BCUT2D eigenvalue weighted by Crippen LogP contribution is -2.43. The number of carbonyl (C=O) groups is 1. The molecule has 1 heterocycles. The van der Waals surface area contributed by atoms with Gasteiger partial charge in [0.1, 0.15) is 6.61 Å². The van der Waals surface area contributed by atoms with Gasteiger partial charge in [-0.1, -0.05) is 6.92 Å². The molecule has 0 saturated carbocycles. The second-order valence-corrected chi connectivity index (χ2v) is 4.14. The standard InChI is InChI=1S/C11H22N2O2/c1-2-6-15-9-11(14)13-5-3-4-10(7-12)8-13/h10H,2-9,12H2,1H3. The average molecular weight is 214 g/mol. The molecule has 1 fully saturated rings. The van der Waals surface area contributed by atoms with Crippen LogP contribution in [-0.2, 0) is 9.53 Å². The minimum atomic E-state index is 0.113. The number of likely N-dealkylation sites (tertiary alicyclic amines) is 1. The molecular formula is C11H22N2O2. The molecule has 1 atom stereocenters. The van der Waals surface area contributed by atoms with Gasteiger partial charge in [0.25, 0.3) is 0 Å². The third-order valence-electron chi connectivity index (χ3n) is 2.78. The van der Waals surface area contributed by atoms with Crippen molar-refractivity contribution in [1.82, 2.24) is 4.90 Å². The van der Waals surface area contributed by atoms with Crippen molar-refractivity contribution in [3.63, 3.8) is 0 Å². The Kier molecular flexibility index (Phi) is 5.65. The van der Waals surface area contributed by atoms with Crippen LogP contribution in [0.4, 0.5) is 0 Å². The largest absolute Gasteiger partial charge is 0.372 e. The molecule has 1 aliphatic rings. The minimum absolute atomic E-state index is 0.113. The summed E-state index contributed by atoms with van der Waals surface area (Å²) in [5.74, 6) is 0.593. The number of hydrogen-bond donors (Lipinski definition) is 1. The maximum atomic E-state index is 11.7. The summed E-state index contributed by atoms with van der Waals surface area (Å²) in [7, 11) is 0. The van der Waals surface area contributed by atoms with E-state index >= 15 is 0 Å². The zero-order chi connectivity index (χ0) is 11.1. The number of nitrogens with zero attached hydrogens (tertiary/aromatic N) is 1. The first-order valence-electron chi connectivity index (χ1n) is 5.83. The lowest BCUT2D eigenvalue weighted by atomic mass is 9.98. The predicted molar refractivity (Wildman–Crippen MR) is 59.5 cm³/mol. The van der Waals surface area contributed by atoms with Gasteiger partial charge in [0.15, 0.2) is 0 Å². The van der Waals surface area contributed by atoms with Gasteiger partial charge in [0, 0.05) is 19.7 Å². The zero-order valence-electron chi connectivity index (χ0n) is 9.58. The third-order valence-corrected chi connectivity index (χ3v) is 2.78. The molecule has 2 N–H and O–H groups in total. The lowest BCUT2D eigenvalue weighted by molar-refractivity contribution is -0.137. The van der Waals surface area contributed by atoms with Crippen LogP contribution < -0.4 is 5.73 Å². The zero-order valence-corrected chi connectivity index (χ0v) is 9.58. The van der Waals surface area contributed by atoms with Crippen molar-refractivity contribution in [3.05, 3.63) is 0 Å². The van der Waals surface area contributed by atoms with Crippen LogP contribution >= 0.6 is 0 Å². The van der Waals surface area contributed by atoms with Crippen LogP contribution in [0.15, 0.2) is 0 Å². The normalized spacial score (nSPS) is 21.7. The monoisotopic (exact) mass is 214 g/mol. The van der Waals surface area contributed by atoms with Gasteiger partial charge in [0.05, 0.1) is 0 Å². The lowest BCUT2D eigenvalue weighted by Gasteiger charge is -2.32. The van der Waals surface area contributed by atoms with Gasteiger partial charge < -0.3 is 15.4 Å². The van der Waals surface area contributed by atoms with E-state index in [0.717, 1.165) is 32.4 Å². The van der Waals surface area contributed by atoms with Crippen LogP contribution in [0, 0.1) is 5.92 Å². The van der Waals surface area contributed by atoms with Crippen LogP contribution in [-0.4, -0.2) is 43.7 Å². The number of piperidine rings is 1. The van der Waals surface area contributed by atoms with Crippen molar-refractivity contribution in [2.75, 3.05) is 32.8 Å². The second-order valence-electron chi connectivity index (χ2n) is 4.14. The Balaban J connectivity index is 2.25. The topological polar surface area (TPSA) is 55.6 Å². The molecule has 0 aromatic rings. The summed E-state index contributed by atoms with van der Waals surface area (Å²) in [6, 6.07) is 0. The van der Waals surface area contributed by atoms with Crippen molar-refractivity contribution in [2.45, 2.75) is 26.2 Å². The van der Waals surface area contributed by atoms with E-state index in [1.165, 1.54) is 0 Å². The summed E-state index contributed by atoms with van der Waals surface area (Å²) in [6.07, 6.45) is 3.18. The Morgan fingerprint density at radius 2 is 2.40 bits per heavy atom. The van der Waals surface area contributed by atoms with E-state index in [4.69, 9.17) is 10.5 Å². The average Bonchev–Trinajstić information content (AvgIpc) is 2.29.